The maximum Gasteiger partial charge on any atom is 0.271 e. The molecule has 2 rings (SSSR count). The molecule has 1 aromatic carbocycles. The molecule has 3 nitrogen and oxygen atoms in total. The van der Waals surface area contributed by atoms with Crippen LogP contribution in [-0.4, -0.2) is 12.1 Å². The van der Waals surface area contributed by atoms with Crippen LogP contribution < -0.4 is 5.43 Å². The van der Waals surface area contributed by atoms with E-state index in [4.69, 9.17) is 0 Å². The molecule has 1 atom stereocenters. The number of benzene rings is 1. The fourth-order valence-electron chi connectivity index (χ4n) is 1.85. The summed E-state index contributed by atoms with van der Waals surface area (Å²) < 4.78 is 1.04. The summed E-state index contributed by atoms with van der Waals surface area (Å²) in [6.07, 6.45) is 9.43. The number of nitrogens with zero attached hydrogens (tertiary/aromatic N) is 1. The van der Waals surface area contributed by atoms with E-state index in [1.807, 2.05) is 24.4 Å². The molecule has 0 spiro atoms. The zero-order valence-corrected chi connectivity index (χ0v) is 12.1. The van der Waals surface area contributed by atoms with Crippen molar-refractivity contribution >= 4 is 34.7 Å². The smallest absolute Gasteiger partial charge is 0.267 e. The van der Waals surface area contributed by atoms with Crippen LogP contribution in [0.25, 0.3) is 0 Å². The molecule has 1 N–H and O–H groups in total. The van der Waals surface area contributed by atoms with Crippen molar-refractivity contribution < 1.29 is 4.79 Å². The van der Waals surface area contributed by atoms with Gasteiger partial charge in [0.05, 0.1) is 0 Å². The van der Waals surface area contributed by atoms with E-state index in [1.165, 1.54) is 0 Å². The van der Waals surface area contributed by atoms with Gasteiger partial charge in [-0.2, -0.15) is 5.10 Å². The van der Waals surface area contributed by atoms with E-state index in [9.17, 15) is 4.79 Å². The highest BCUT2D eigenvalue weighted by Crippen LogP contribution is 2.15. The first-order chi connectivity index (χ1) is 8.75. The first-order valence-electron chi connectivity index (χ1n) is 6.00. The number of amides is 1. The van der Waals surface area contributed by atoms with E-state index in [-0.39, 0.29) is 5.91 Å². The van der Waals surface area contributed by atoms with Crippen LogP contribution in [-0.2, 0) is 0 Å². The van der Waals surface area contributed by atoms with E-state index >= 15 is 0 Å². The SMILES string of the molecule is O=C(N/N=C/C1CC=CCC1)c1cccc(I)c1. The van der Waals surface area contributed by atoms with Gasteiger partial charge in [-0.05, 0) is 66.0 Å². The largest absolute Gasteiger partial charge is 0.271 e. The second-order valence-corrected chi connectivity index (χ2v) is 5.52. The monoisotopic (exact) mass is 354 g/mol. The average molecular weight is 354 g/mol. The van der Waals surface area contributed by atoms with Gasteiger partial charge in [0.1, 0.15) is 0 Å². The van der Waals surface area contributed by atoms with Crippen molar-refractivity contribution in [2.24, 2.45) is 11.0 Å². The quantitative estimate of drug-likeness (QED) is 0.385. The molecule has 0 heterocycles. The maximum absolute atomic E-state index is 11.8. The van der Waals surface area contributed by atoms with Gasteiger partial charge in [0.15, 0.2) is 0 Å². The van der Waals surface area contributed by atoms with E-state index in [2.05, 4.69) is 45.3 Å². The Balaban J connectivity index is 1.88. The third-order valence-electron chi connectivity index (χ3n) is 2.85. The number of carbonyl (C=O) groups excluding carboxylic acids is 1. The van der Waals surface area contributed by atoms with Crippen LogP contribution in [0.3, 0.4) is 0 Å². The molecule has 4 heteroatoms. The molecule has 1 aromatic rings. The molecule has 18 heavy (non-hydrogen) atoms. The number of hydrogen-bond acceptors (Lipinski definition) is 2. The molecule has 0 radical (unpaired) electrons. The Hall–Kier alpha value is -1.17. The molecule has 0 bridgehead atoms. The lowest BCUT2D eigenvalue weighted by Crippen LogP contribution is -2.18. The van der Waals surface area contributed by atoms with Gasteiger partial charge < -0.3 is 0 Å². The van der Waals surface area contributed by atoms with Gasteiger partial charge in [0.25, 0.3) is 5.91 Å². The molecule has 0 aliphatic heterocycles. The van der Waals surface area contributed by atoms with Crippen molar-refractivity contribution in [3.8, 4) is 0 Å². The molecule has 0 fully saturated rings. The van der Waals surface area contributed by atoms with Crippen molar-refractivity contribution in [1.82, 2.24) is 5.43 Å². The summed E-state index contributed by atoms with van der Waals surface area (Å²) in [6.45, 7) is 0. The number of rotatable bonds is 3. The Labute approximate surface area is 120 Å². The number of hydrogen-bond donors (Lipinski definition) is 1. The number of halogens is 1. The number of allylic oxidation sites excluding steroid dienone is 2. The molecule has 1 aliphatic rings. The number of nitrogens with one attached hydrogen (secondary N) is 1. The highest BCUT2D eigenvalue weighted by molar-refractivity contribution is 14.1. The number of carbonyl (C=O) groups is 1. The minimum atomic E-state index is -0.156. The summed E-state index contributed by atoms with van der Waals surface area (Å²) in [5, 5.41) is 4.04. The molecule has 94 valence electrons. The Kier molecular flexibility index (Phi) is 4.92. The molecule has 0 saturated carbocycles. The van der Waals surface area contributed by atoms with Crippen LogP contribution >= 0.6 is 22.6 Å². The molecule has 1 amide bonds. The number of hydrazone groups is 1. The van der Waals surface area contributed by atoms with E-state index in [0.29, 0.717) is 11.5 Å². The van der Waals surface area contributed by atoms with Crippen molar-refractivity contribution in [2.75, 3.05) is 0 Å². The third kappa shape index (κ3) is 3.94. The predicted molar refractivity (Wildman–Crippen MR) is 81.6 cm³/mol. The summed E-state index contributed by atoms with van der Waals surface area (Å²) >= 11 is 2.19. The molecular formula is C14H15IN2O. The van der Waals surface area contributed by atoms with Gasteiger partial charge in [0.2, 0.25) is 0 Å². The van der Waals surface area contributed by atoms with Crippen LogP contribution in [0.5, 0.6) is 0 Å². The molecule has 0 saturated heterocycles. The molecule has 0 aromatic heterocycles. The fraction of sp³-hybridized carbons (Fsp3) is 0.286. The zero-order valence-electron chi connectivity index (χ0n) is 9.97. The topological polar surface area (TPSA) is 41.5 Å². The maximum atomic E-state index is 11.8. The van der Waals surface area contributed by atoms with E-state index in [1.54, 1.807) is 6.07 Å². The minimum Gasteiger partial charge on any atom is -0.267 e. The van der Waals surface area contributed by atoms with Crippen LogP contribution in [0.2, 0.25) is 0 Å². The van der Waals surface area contributed by atoms with Crippen LogP contribution in [0.4, 0.5) is 0 Å². The second kappa shape index (κ2) is 6.68. The van der Waals surface area contributed by atoms with Crippen LogP contribution in [0, 0.1) is 9.49 Å². The Bertz CT molecular complexity index is 482. The summed E-state index contributed by atoms with van der Waals surface area (Å²) in [4.78, 5) is 11.8. The predicted octanol–water partition coefficient (Wildman–Crippen LogP) is 3.36. The first-order valence-corrected chi connectivity index (χ1v) is 7.07. The minimum absolute atomic E-state index is 0.156. The van der Waals surface area contributed by atoms with Gasteiger partial charge in [-0.3, -0.25) is 4.79 Å². The average Bonchev–Trinajstić information content (AvgIpc) is 2.40. The summed E-state index contributed by atoms with van der Waals surface area (Å²) in [5.41, 5.74) is 3.22. The van der Waals surface area contributed by atoms with Gasteiger partial charge in [0, 0.05) is 15.3 Å². The van der Waals surface area contributed by atoms with Crippen LogP contribution in [0.15, 0.2) is 41.5 Å². The standard InChI is InChI=1S/C14H15IN2O/c15-13-8-4-7-12(9-13)14(18)17-16-10-11-5-2-1-3-6-11/h1-2,4,7-11H,3,5-6H2,(H,17,18)/b16-10+. The van der Waals surface area contributed by atoms with E-state index in [0.717, 1.165) is 22.8 Å². The van der Waals surface area contributed by atoms with Gasteiger partial charge in [-0.25, -0.2) is 5.43 Å². The molecule has 1 aliphatic carbocycles. The first kappa shape index (κ1) is 13.3. The van der Waals surface area contributed by atoms with Crippen molar-refractivity contribution in [1.29, 1.82) is 0 Å². The lowest BCUT2D eigenvalue weighted by molar-refractivity contribution is 0.0955. The van der Waals surface area contributed by atoms with Crippen LogP contribution in [0.1, 0.15) is 29.6 Å². The highest BCUT2D eigenvalue weighted by Gasteiger charge is 2.07. The van der Waals surface area contributed by atoms with Crippen molar-refractivity contribution in [2.45, 2.75) is 19.3 Å². The zero-order chi connectivity index (χ0) is 12.8. The third-order valence-corrected chi connectivity index (χ3v) is 3.52. The van der Waals surface area contributed by atoms with Gasteiger partial charge >= 0.3 is 0 Å². The van der Waals surface area contributed by atoms with E-state index < -0.39 is 0 Å². The Morgan fingerprint density at radius 3 is 3.06 bits per heavy atom. The Morgan fingerprint density at radius 2 is 2.33 bits per heavy atom. The highest BCUT2D eigenvalue weighted by atomic mass is 127. The van der Waals surface area contributed by atoms with Gasteiger partial charge in [-0.15, -0.1) is 0 Å². The molecule has 1 unspecified atom stereocenters. The lowest BCUT2D eigenvalue weighted by Gasteiger charge is -2.11. The lowest BCUT2D eigenvalue weighted by atomic mass is 9.96. The summed E-state index contributed by atoms with van der Waals surface area (Å²) in [5.74, 6) is 0.294. The normalized spacial score (nSPS) is 19.1. The van der Waals surface area contributed by atoms with Crippen molar-refractivity contribution in [3.05, 3.63) is 45.6 Å². The van der Waals surface area contributed by atoms with Gasteiger partial charge in [-0.1, -0.05) is 18.2 Å². The fourth-order valence-corrected chi connectivity index (χ4v) is 2.39. The summed E-state index contributed by atoms with van der Waals surface area (Å²) in [6, 6.07) is 7.45. The van der Waals surface area contributed by atoms with Crippen molar-refractivity contribution in [3.63, 3.8) is 0 Å². The summed E-state index contributed by atoms with van der Waals surface area (Å²) in [7, 11) is 0. The second-order valence-electron chi connectivity index (χ2n) is 4.27. The Morgan fingerprint density at radius 1 is 1.44 bits per heavy atom. The molecular weight excluding hydrogens is 339 g/mol.